The van der Waals surface area contributed by atoms with E-state index in [0.29, 0.717) is 6.04 Å². The molecule has 26 heavy (non-hydrogen) atoms. The number of anilines is 1. The van der Waals surface area contributed by atoms with Gasteiger partial charge in [-0.1, -0.05) is 30.9 Å². The summed E-state index contributed by atoms with van der Waals surface area (Å²) in [5.74, 6) is 0. The summed E-state index contributed by atoms with van der Waals surface area (Å²) in [6, 6.07) is 6.81. The normalized spacial score (nSPS) is 15.8. The zero-order valence-electron chi connectivity index (χ0n) is 16.3. The largest absolute Gasteiger partial charge is 0.380 e. The summed E-state index contributed by atoms with van der Waals surface area (Å²) in [7, 11) is 2.19. The van der Waals surface area contributed by atoms with Gasteiger partial charge in [0.25, 0.3) is 0 Å². The molecule has 1 saturated heterocycles. The van der Waals surface area contributed by atoms with E-state index in [0.717, 1.165) is 47.6 Å². The maximum absolute atomic E-state index is 4.61. The van der Waals surface area contributed by atoms with E-state index in [9.17, 15) is 0 Å². The van der Waals surface area contributed by atoms with Gasteiger partial charge in [-0.05, 0) is 64.0 Å². The number of allylic oxidation sites excluding steroid dienone is 2. The molecule has 4 nitrogen and oxygen atoms in total. The van der Waals surface area contributed by atoms with Crippen molar-refractivity contribution in [3.05, 3.63) is 60.4 Å². The zero-order valence-corrected chi connectivity index (χ0v) is 16.3. The molecule has 0 radical (unpaired) electrons. The Kier molecular flexibility index (Phi) is 5.62. The number of nitrogens with one attached hydrogen (secondary N) is 1. The predicted molar refractivity (Wildman–Crippen MR) is 111 cm³/mol. The summed E-state index contributed by atoms with van der Waals surface area (Å²) in [5, 5.41) is 8.17. The smallest absolute Gasteiger partial charge is 0.0543 e. The Morgan fingerprint density at radius 3 is 2.58 bits per heavy atom. The molecule has 1 aromatic carbocycles. The molecule has 1 fully saturated rings. The van der Waals surface area contributed by atoms with Crippen LogP contribution in [0, 0.1) is 0 Å². The van der Waals surface area contributed by atoms with Crippen LogP contribution >= 0.6 is 0 Å². The van der Waals surface area contributed by atoms with Gasteiger partial charge in [0.2, 0.25) is 0 Å². The second kappa shape index (κ2) is 7.92. The summed E-state index contributed by atoms with van der Waals surface area (Å²) in [6.07, 6.45) is 6.51. The van der Waals surface area contributed by atoms with E-state index in [1.165, 1.54) is 18.4 Å². The van der Waals surface area contributed by atoms with Crippen LogP contribution in [0.25, 0.3) is 11.1 Å². The van der Waals surface area contributed by atoms with E-state index in [1.54, 1.807) is 0 Å². The highest BCUT2D eigenvalue weighted by atomic mass is 15.3. The van der Waals surface area contributed by atoms with Crippen molar-refractivity contribution in [1.82, 2.24) is 14.7 Å². The lowest BCUT2D eigenvalue weighted by atomic mass is 9.95. The van der Waals surface area contributed by atoms with Crippen LogP contribution in [0.2, 0.25) is 0 Å². The van der Waals surface area contributed by atoms with Crippen LogP contribution in [0.5, 0.6) is 0 Å². The van der Waals surface area contributed by atoms with Gasteiger partial charge in [0.05, 0.1) is 12.2 Å². The lowest BCUT2D eigenvalue weighted by Crippen LogP contribution is -2.31. The molecule has 0 amide bonds. The number of rotatable bonds is 6. The Morgan fingerprint density at radius 2 is 1.92 bits per heavy atom. The minimum Gasteiger partial charge on any atom is -0.380 e. The van der Waals surface area contributed by atoms with Crippen LogP contribution in [0.15, 0.2) is 43.8 Å². The van der Waals surface area contributed by atoms with E-state index in [-0.39, 0.29) is 0 Å². The second-order valence-electron chi connectivity index (χ2n) is 7.51. The molecular weight excluding hydrogens is 320 g/mol. The number of likely N-dealkylation sites (tertiary alicyclic amines) is 1. The highest BCUT2D eigenvalue weighted by molar-refractivity contribution is 5.84. The number of aromatic nitrogens is 2. The van der Waals surface area contributed by atoms with Crippen molar-refractivity contribution in [3.8, 4) is 0 Å². The highest BCUT2D eigenvalue weighted by Gasteiger charge is 2.19. The predicted octanol–water partition coefficient (Wildman–Crippen LogP) is 4.83. The van der Waals surface area contributed by atoms with Crippen LogP contribution in [0.1, 0.15) is 49.4 Å². The van der Waals surface area contributed by atoms with Gasteiger partial charge in [-0.3, -0.25) is 4.68 Å². The Balaban J connectivity index is 1.71. The molecule has 0 unspecified atom stereocenters. The van der Waals surface area contributed by atoms with Crippen LogP contribution in [-0.4, -0.2) is 34.8 Å². The van der Waals surface area contributed by atoms with Gasteiger partial charge in [-0.25, -0.2) is 0 Å². The molecule has 0 aliphatic carbocycles. The molecule has 0 atom stereocenters. The summed E-state index contributed by atoms with van der Waals surface area (Å²) in [5.41, 5.74) is 6.73. The number of nitrogens with zero attached hydrogens (tertiary/aromatic N) is 3. The lowest BCUT2D eigenvalue weighted by molar-refractivity contribution is 0.212. The summed E-state index contributed by atoms with van der Waals surface area (Å²) >= 11 is 0. The summed E-state index contributed by atoms with van der Waals surface area (Å²) in [4.78, 5) is 2.39. The van der Waals surface area contributed by atoms with E-state index in [2.05, 4.69) is 64.6 Å². The number of hydrogen-bond acceptors (Lipinski definition) is 3. The molecular formula is C22H30N4. The average Bonchev–Trinajstić information content (AvgIpc) is 3.09. The Morgan fingerprint density at radius 1 is 1.19 bits per heavy atom. The fourth-order valence-electron chi connectivity index (χ4n) is 3.64. The second-order valence-corrected chi connectivity index (χ2v) is 7.51. The van der Waals surface area contributed by atoms with Gasteiger partial charge >= 0.3 is 0 Å². The van der Waals surface area contributed by atoms with Crippen molar-refractivity contribution >= 4 is 16.8 Å². The summed E-state index contributed by atoms with van der Waals surface area (Å²) in [6.45, 7) is 15.4. The molecule has 0 bridgehead atoms. The first-order chi connectivity index (χ1) is 12.5. The summed E-state index contributed by atoms with van der Waals surface area (Å²) < 4.78 is 2.15. The molecule has 0 saturated carbocycles. The van der Waals surface area contributed by atoms with Crippen LogP contribution < -0.4 is 5.32 Å². The van der Waals surface area contributed by atoms with Crippen LogP contribution in [0.3, 0.4) is 0 Å². The third kappa shape index (κ3) is 4.07. The first kappa shape index (κ1) is 18.5. The minimum absolute atomic E-state index is 0.526. The zero-order chi connectivity index (χ0) is 18.7. The monoisotopic (exact) mass is 350 g/mol. The van der Waals surface area contributed by atoms with Crippen LogP contribution in [-0.2, 0) is 6.54 Å². The third-order valence-corrected chi connectivity index (χ3v) is 5.15. The molecule has 2 aromatic rings. The van der Waals surface area contributed by atoms with E-state index >= 15 is 0 Å². The molecule has 4 heteroatoms. The molecule has 1 aromatic heterocycles. The maximum Gasteiger partial charge on any atom is 0.0543 e. The van der Waals surface area contributed by atoms with Gasteiger partial charge in [0, 0.05) is 29.6 Å². The van der Waals surface area contributed by atoms with Crippen LogP contribution in [0.4, 0.5) is 5.69 Å². The first-order valence-electron chi connectivity index (χ1n) is 9.36. The van der Waals surface area contributed by atoms with E-state index in [1.807, 2.05) is 20.0 Å². The van der Waals surface area contributed by atoms with Gasteiger partial charge in [0.15, 0.2) is 0 Å². The lowest BCUT2D eigenvalue weighted by Gasteiger charge is -2.28. The molecule has 138 valence electrons. The van der Waals surface area contributed by atoms with Crippen molar-refractivity contribution < 1.29 is 0 Å². The maximum atomic E-state index is 4.61. The van der Waals surface area contributed by atoms with Crippen molar-refractivity contribution in [2.75, 3.05) is 25.5 Å². The van der Waals surface area contributed by atoms with Crippen molar-refractivity contribution in [2.45, 2.75) is 39.3 Å². The standard InChI is InChI=1S/C22H30N4/c1-16(2)20-7-6-8-21(22(20)17(3)4)23-13-18-14-24-26(15-18)19-9-11-25(5)12-10-19/h6-8,14-15,19,23H,1,3,9-13H2,2,4-5H3. The molecule has 1 N–H and O–H groups in total. The van der Waals surface area contributed by atoms with E-state index < -0.39 is 0 Å². The highest BCUT2D eigenvalue weighted by Crippen LogP contribution is 2.31. The molecule has 1 aliphatic heterocycles. The Labute approximate surface area is 157 Å². The molecule has 0 spiro atoms. The quantitative estimate of drug-likeness (QED) is 0.810. The topological polar surface area (TPSA) is 33.1 Å². The average molecular weight is 351 g/mol. The van der Waals surface area contributed by atoms with Gasteiger partial charge in [-0.15, -0.1) is 0 Å². The number of hydrogen-bond donors (Lipinski definition) is 1. The number of piperidine rings is 1. The van der Waals surface area contributed by atoms with Crippen molar-refractivity contribution in [1.29, 1.82) is 0 Å². The van der Waals surface area contributed by atoms with Gasteiger partial charge in [-0.2, -0.15) is 5.10 Å². The van der Waals surface area contributed by atoms with Gasteiger partial charge < -0.3 is 10.2 Å². The first-order valence-corrected chi connectivity index (χ1v) is 9.36. The number of benzene rings is 1. The fraction of sp³-hybridized carbons (Fsp3) is 0.409. The Bertz CT molecular complexity index is 794. The molecule has 3 rings (SSSR count). The van der Waals surface area contributed by atoms with E-state index in [4.69, 9.17) is 0 Å². The fourth-order valence-corrected chi connectivity index (χ4v) is 3.64. The SMILES string of the molecule is C=C(C)c1cccc(NCc2cnn(C3CCN(C)CC3)c2)c1C(=C)C. The third-order valence-electron chi connectivity index (χ3n) is 5.15. The molecule has 2 heterocycles. The Hall–Kier alpha value is -2.33. The van der Waals surface area contributed by atoms with Gasteiger partial charge in [0.1, 0.15) is 0 Å². The van der Waals surface area contributed by atoms with Crippen molar-refractivity contribution in [2.24, 2.45) is 0 Å². The minimum atomic E-state index is 0.526. The van der Waals surface area contributed by atoms with Crippen molar-refractivity contribution in [3.63, 3.8) is 0 Å². The molecule has 1 aliphatic rings.